The zero-order valence-corrected chi connectivity index (χ0v) is 10.2. The molecule has 1 aliphatic carbocycles. The number of rotatable bonds is 5. The highest BCUT2D eigenvalue weighted by atomic mass is 32.1. The van der Waals surface area contributed by atoms with Gasteiger partial charge < -0.3 is 10.6 Å². The van der Waals surface area contributed by atoms with Crippen LogP contribution in [0.5, 0.6) is 0 Å². The lowest BCUT2D eigenvalue weighted by molar-refractivity contribution is 0.574. The van der Waals surface area contributed by atoms with Crippen LogP contribution in [0.2, 0.25) is 0 Å². The molecule has 0 radical (unpaired) electrons. The summed E-state index contributed by atoms with van der Waals surface area (Å²) in [5.41, 5.74) is 0. The topological polar surface area (TPSA) is 49.8 Å². The van der Waals surface area contributed by atoms with E-state index in [0.717, 1.165) is 17.5 Å². The van der Waals surface area contributed by atoms with Gasteiger partial charge in [0.1, 0.15) is 5.82 Å². The van der Waals surface area contributed by atoms with Gasteiger partial charge in [0.15, 0.2) is 0 Å². The van der Waals surface area contributed by atoms with Crippen molar-refractivity contribution >= 4 is 16.7 Å². The van der Waals surface area contributed by atoms with E-state index in [1.165, 1.54) is 50.2 Å². The van der Waals surface area contributed by atoms with E-state index in [-0.39, 0.29) is 0 Å². The lowest BCUT2D eigenvalue weighted by Crippen LogP contribution is -2.24. The summed E-state index contributed by atoms with van der Waals surface area (Å²) in [6, 6.07) is 0.711. The molecule has 0 amide bonds. The van der Waals surface area contributed by atoms with Gasteiger partial charge in [0, 0.05) is 30.0 Å². The summed E-state index contributed by atoms with van der Waals surface area (Å²) in [5, 5.41) is 7.88. The summed E-state index contributed by atoms with van der Waals surface area (Å²) in [6.45, 7) is 2.20. The molecule has 1 aliphatic heterocycles. The molecule has 5 heteroatoms. The van der Waals surface area contributed by atoms with Gasteiger partial charge in [0.05, 0.1) is 0 Å². The van der Waals surface area contributed by atoms with Crippen molar-refractivity contribution in [3.8, 4) is 0 Å². The molecule has 1 saturated heterocycles. The Morgan fingerprint density at radius 1 is 1.38 bits per heavy atom. The summed E-state index contributed by atoms with van der Waals surface area (Å²) in [6.07, 6.45) is 6.41. The van der Waals surface area contributed by atoms with Crippen LogP contribution < -0.4 is 10.6 Å². The van der Waals surface area contributed by atoms with Crippen LogP contribution in [0, 0.1) is 0 Å². The normalized spacial score (nSPS) is 24.9. The van der Waals surface area contributed by atoms with Crippen LogP contribution in [0.3, 0.4) is 0 Å². The van der Waals surface area contributed by atoms with Gasteiger partial charge >= 0.3 is 0 Å². The van der Waals surface area contributed by atoms with Crippen molar-refractivity contribution in [3.05, 3.63) is 5.82 Å². The van der Waals surface area contributed by atoms with E-state index in [2.05, 4.69) is 20.0 Å². The fourth-order valence-corrected chi connectivity index (χ4v) is 2.84. The summed E-state index contributed by atoms with van der Waals surface area (Å²) in [5.74, 6) is 1.73. The lowest BCUT2D eigenvalue weighted by atomic mass is 10.2. The fourth-order valence-electron chi connectivity index (χ4n) is 2.17. The molecule has 1 saturated carbocycles. The van der Waals surface area contributed by atoms with Gasteiger partial charge in [-0.3, -0.25) is 0 Å². The second kappa shape index (κ2) is 4.67. The fraction of sp³-hybridized carbons (Fsp3) is 0.818. The Labute approximate surface area is 100 Å². The molecule has 3 rings (SSSR count). The third-order valence-corrected chi connectivity index (χ3v) is 4.00. The van der Waals surface area contributed by atoms with Gasteiger partial charge in [0.2, 0.25) is 5.13 Å². The van der Waals surface area contributed by atoms with Gasteiger partial charge in [-0.1, -0.05) is 0 Å². The van der Waals surface area contributed by atoms with E-state index in [9.17, 15) is 0 Å². The van der Waals surface area contributed by atoms with Crippen LogP contribution in [0.15, 0.2) is 0 Å². The Kier molecular flexibility index (Phi) is 3.06. The largest absolute Gasteiger partial charge is 0.360 e. The van der Waals surface area contributed by atoms with Crippen LogP contribution in [0.25, 0.3) is 0 Å². The van der Waals surface area contributed by atoms with E-state index in [1.54, 1.807) is 0 Å². The Morgan fingerprint density at radius 3 is 3.06 bits per heavy atom. The van der Waals surface area contributed by atoms with Crippen molar-refractivity contribution < 1.29 is 0 Å². The predicted molar refractivity (Wildman–Crippen MR) is 66.0 cm³/mol. The van der Waals surface area contributed by atoms with E-state index >= 15 is 0 Å². The molecular formula is C11H18N4S. The second-order valence-electron chi connectivity index (χ2n) is 4.74. The Morgan fingerprint density at radius 2 is 2.31 bits per heavy atom. The molecule has 1 aromatic rings. The standard InChI is InChI=1S/C11H18N4S/c1-2-9(12-6-1)5-7-13-11-14-10(15-16-11)8-3-4-8/h8-9,12H,1-7H2,(H,13,14,15)/t9-/m1/s1. The van der Waals surface area contributed by atoms with Crippen molar-refractivity contribution in [2.45, 2.75) is 44.1 Å². The minimum Gasteiger partial charge on any atom is -0.360 e. The maximum absolute atomic E-state index is 4.51. The highest BCUT2D eigenvalue weighted by Gasteiger charge is 2.27. The molecule has 2 N–H and O–H groups in total. The van der Waals surface area contributed by atoms with E-state index in [1.807, 2.05) is 0 Å². The molecule has 1 atom stereocenters. The van der Waals surface area contributed by atoms with Crippen LogP contribution in [-0.2, 0) is 0 Å². The maximum Gasteiger partial charge on any atom is 0.202 e. The molecule has 2 heterocycles. The zero-order chi connectivity index (χ0) is 10.8. The Hall–Kier alpha value is -0.680. The van der Waals surface area contributed by atoms with Crippen LogP contribution in [0.4, 0.5) is 5.13 Å². The summed E-state index contributed by atoms with van der Waals surface area (Å²) in [7, 11) is 0. The molecule has 2 fully saturated rings. The van der Waals surface area contributed by atoms with Gasteiger partial charge in [-0.15, -0.1) is 0 Å². The Balaban J connectivity index is 1.42. The number of aromatic nitrogens is 2. The molecule has 2 aliphatic rings. The number of nitrogens with zero attached hydrogens (tertiary/aromatic N) is 2. The van der Waals surface area contributed by atoms with Gasteiger partial charge in [0.25, 0.3) is 0 Å². The molecule has 0 bridgehead atoms. The molecular weight excluding hydrogens is 220 g/mol. The highest BCUT2D eigenvalue weighted by Crippen LogP contribution is 2.39. The first-order chi connectivity index (χ1) is 7.92. The van der Waals surface area contributed by atoms with E-state index in [0.29, 0.717) is 12.0 Å². The average Bonchev–Trinajstić information content (AvgIpc) is 2.83. The molecule has 88 valence electrons. The van der Waals surface area contributed by atoms with Gasteiger partial charge in [-0.05, 0) is 38.6 Å². The summed E-state index contributed by atoms with van der Waals surface area (Å²) >= 11 is 1.51. The SMILES string of the molecule is C1CN[C@@H](CCNc2nc(C3CC3)ns2)C1. The monoisotopic (exact) mass is 238 g/mol. The number of anilines is 1. The first-order valence-corrected chi connectivity index (χ1v) is 7.00. The number of hydrogen-bond acceptors (Lipinski definition) is 5. The smallest absolute Gasteiger partial charge is 0.202 e. The second-order valence-corrected chi connectivity index (χ2v) is 5.49. The maximum atomic E-state index is 4.51. The van der Waals surface area contributed by atoms with Gasteiger partial charge in [-0.25, -0.2) is 4.98 Å². The predicted octanol–water partition coefficient (Wildman–Crippen LogP) is 1.97. The highest BCUT2D eigenvalue weighted by molar-refractivity contribution is 7.09. The quantitative estimate of drug-likeness (QED) is 0.823. The van der Waals surface area contributed by atoms with Crippen molar-refractivity contribution in [3.63, 3.8) is 0 Å². The van der Waals surface area contributed by atoms with E-state index < -0.39 is 0 Å². The first-order valence-electron chi connectivity index (χ1n) is 6.22. The zero-order valence-electron chi connectivity index (χ0n) is 9.41. The van der Waals surface area contributed by atoms with Crippen molar-refractivity contribution in [2.24, 2.45) is 0 Å². The molecule has 0 spiro atoms. The third-order valence-electron chi connectivity index (χ3n) is 3.32. The summed E-state index contributed by atoms with van der Waals surface area (Å²) < 4.78 is 4.38. The first kappa shape index (κ1) is 10.5. The van der Waals surface area contributed by atoms with Crippen molar-refractivity contribution in [1.29, 1.82) is 0 Å². The number of nitrogens with one attached hydrogen (secondary N) is 2. The molecule has 1 aromatic heterocycles. The Bertz CT molecular complexity index is 342. The van der Waals surface area contributed by atoms with Crippen LogP contribution in [0.1, 0.15) is 43.8 Å². The molecule has 0 unspecified atom stereocenters. The van der Waals surface area contributed by atoms with Crippen molar-refractivity contribution in [2.75, 3.05) is 18.4 Å². The van der Waals surface area contributed by atoms with Crippen molar-refractivity contribution in [1.82, 2.24) is 14.7 Å². The number of hydrogen-bond donors (Lipinski definition) is 2. The van der Waals surface area contributed by atoms with Crippen LogP contribution >= 0.6 is 11.5 Å². The molecule has 4 nitrogen and oxygen atoms in total. The molecule has 0 aromatic carbocycles. The molecule has 16 heavy (non-hydrogen) atoms. The van der Waals surface area contributed by atoms with Crippen LogP contribution in [-0.4, -0.2) is 28.5 Å². The third kappa shape index (κ3) is 2.52. The minimum atomic E-state index is 0.670. The average molecular weight is 238 g/mol. The van der Waals surface area contributed by atoms with Gasteiger partial charge in [-0.2, -0.15) is 4.37 Å². The summed E-state index contributed by atoms with van der Waals surface area (Å²) in [4.78, 5) is 4.51. The van der Waals surface area contributed by atoms with E-state index in [4.69, 9.17) is 0 Å². The lowest BCUT2D eigenvalue weighted by Gasteiger charge is -2.09. The minimum absolute atomic E-state index is 0.670.